The molecular formula is C9H15F2N3. The molecule has 0 radical (unpaired) electrons. The minimum Gasteiger partial charge on any atom is -0.341 e. The molecule has 14 heavy (non-hydrogen) atoms. The van der Waals surface area contributed by atoms with E-state index in [1.165, 1.54) is 6.20 Å². The van der Waals surface area contributed by atoms with Crippen LogP contribution < -0.4 is 5.32 Å². The molecule has 1 aromatic heterocycles. The first-order valence-electron chi connectivity index (χ1n) is 4.53. The first kappa shape index (κ1) is 11.1. The van der Waals surface area contributed by atoms with E-state index >= 15 is 0 Å². The van der Waals surface area contributed by atoms with Gasteiger partial charge in [0.15, 0.2) is 5.82 Å². The lowest BCUT2D eigenvalue weighted by Gasteiger charge is -2.08. The second-order valence-corrected chi connectivity index (χ2v) is 3.54. The molecule has 0 saturated carbocycles. The van der Waals surface area contributed by atoms with Crippen molar-refractivity contribution in [1.82, 2.24) is 15.3 Å². The lowest BCUT2D eigenvalue weighted by atomic mass is 10.2. The molecule has 0 aliphatic carbocycles. The van der Waals surface area contributed by atoms with Gasteiger partial charge in [0.25, 0.3) is 0 Å². The first-order chi connectivity index (χ1) is 6.43. The van der Waals surface area contributed by atoms with Crippen LogP contribution >= 0.6 is 0 Å². The van der Waals surface area contributed by atoms with Gasteiger partial charge in [0.2, 0.25) is 0 Å². The summed E-state index contributed by atoms with van der Waals surface area (Å²) in [7, 11) is 1.83. The quantitative estimate of drug-likeness (QED) is 0.781. The van der Waals surface area contributed by atoms with E-state index in [0.717, 1.165) is 12.6 Å². The molecule has 5 heteroatoms. The predicted octanol–water partition coefficient (Wildman–Crippen LogP) is 1.67. The van der Waals surface area contributed by atoms with E-state index in [2.05, 4.69) is 15.3 Å². The lowest BCUT2D eigenvalue weighted by molar-refractivity contribution is 0.00847. The second-order valence-electron chi connectivity index (χ2n) is 3.54. The summed E-state index contributed by atoms with van der Waals surface area (Å²) in [6.45, 7) is 2.81. The molecule has 2 N–H and O–H groups in total. The van der Waals surface area contributed by atoms with Crippen LogP contribution in [-0.4, -0.2) is 23.1 Å². The molecule has 1 rings (SSSR count). The number of likely N-dealkylation sites (N-methyl/N-ethyl adjacent to an activating group) is 1. The zero-order valence-electron chi connectivity index (χ0n) is 8.56. The van der Waals surface area contributed by atoms with Crippen LogP contribution in [0.3, 0.4) is 0 Å². The monoisotopic (exact) mass is 203 g/mol. The Labute approximate surface area is 81.9 Å². The Morgan fingerprint density at radius 3 is 2.71 bits per heavy atom. The average Bonchev–Trinajstić information content (AvgIpc) is 2.51. The predicted molar refractivity (Wildman–Crippen MR) is 50.4 cm³/mol. The summed E-state index contributed by atoms with van der Waals surface area (Å²) in [5.74, 6) is -3.16. The summed E-state index contributed by atoms with van der Waals surface area (Å²) in [4.78, 5) is 6.26. The Bertz CT molecular complexity index is 290. The maximum Gasteiger partial charge on any atom is 0.301 e. The van der Waals surface area contributed by atoms with Crippen LogP contribution in [0.25, 0.3) is 0 Å². The number of aromatic nitrogens is 2. The van der Waals surface area contributed by atoms with Crippen molar-refractivity contribution >= 4 is 0 Å². The first-order valence-corrected chi connectivity index (χ1v) is 4.53. The topological polar surface area (TPSA) is 40.7 Å². The van der Waals surface area contributed by atoms with Crippen LogP contribution in [-0.2, 0) is 12.3 Å². The third-order valence-electron chi connectivity index (χ3n) is 2.06. The van der Waals surface area contributed by atoms with Gasteiger partial charge in [0.05, 0.1) is 0 Å². The minimum atomic E-state index is -2.89. The van der Waals surface area contributed by atoms with E-state index in [0.29, 0.717) is 6.42 Å². The standard InChI is InChI=1S/C9H15F2N3/c1-6(12-3)4-7-5-13-8(14-7)9(2,10)11/h5-6,12H,4H2,1-3H3,(H,13,14). The molecule has 0 bridgehead atoms. The van der Waals surface area contributed by atoms with Crippen LogP contribution in [0.2, 0.25) is 0 Å². The molecule has 0 saturated heterocycles. The van der Waals surface area contributed by atoms with Crippen LogP contribution in [0.4, 0.5) is 8.78 Å². The maximum atomic E-state index is 12.8. The molecule has 3 nitrogen and oxygen atoms in total. The summed E-state index contributed by atoms with van der Waals surface area (Å²) in [6, 6.07) is 0.244. The summed E-state index contributed by atoms with van der Waals surface area (Å²) >= 11 is 0. The number of alkyl halides is 2. The van der Waals surface area contributed by atoms with Gasteiger partial charge in [-0.3, -0.25) is 0 Å². The highest BCUT2D eigenvalue weighted by Gasteiger charge is 2.27. The summed E-state index contributed by atoms with van der Waals surface area (Å²) < 4.78 is 25.6. The second kappa shape index (κ2) is 4.04. The van der Waals surface area contributed by atoms with E-state index < -0.39 is 5.92 Å². The van der Waals surface area contributed by atoms with Gasteiger partial charge in [0.1, 0.15) is 0 Å². The lowest BCUT2D eigenvalue weighted by Crippen LogP contribution is -2.23. The molecular weight excluding hydrogens is 188 g/mol. The number of hydrogen-bond donors (Lipinski definition) is 2. The molecule has 0 amide bonds. The molecule has 0 aromatic carbocycles. The number of nitrogens with zero attached hydrogens (tertiary/aromatic N) is 1. The number of hydrogen-bond acceptors (Lipinski definition) is 2. The molecule has 80 valence electrons. The van der Waals surface area contributed by atoms with Gasteiger partial charge in [-0.05, 0) is 14.0 Å². The molecule has 0 fully saturated rings. The van der Waals surface area contributed by atoms with E-state index in [9.17, 15) is 8.78 Å². The largest absolute Gasteiger partial charge is 0.341 e. The molecule has 1 heterocycles. The molecule has 0 aliphatic rings. The maximum absolute atomic E-state index is 12.8. The van der Waals surface area contributed by atoms with Crippen LogP contribution in [0.5, 0.6) is 0 Å². The highest BCUT2D eigenvalue weighted by Crippen LogP contribution is 2.23. The fraction of sp³-hybridized carbons (Fsp3) is 0.667. The highest BCUT2D eigenvalue weighted by atomic mass is 19.3. The Kier molecular flexibility index (Phi) is 3.21. The number of halogens is 2. The zero-order chi connectivity index (χ0) is 10.8. The third-order valence-corrected chi connectivity index (χ3v) is 2.06. The van der Waals surface area contributed by atoms with Gasteiger partial charge in [-0.1, -0.05) is 0 Å². The van der Waals surface area contributed by atoms with Gasteiger partial charge < -0.3 is 10.3 Å². The van der Waals surface area contributed by atoms with Gasteiger partial charge in [-0.15, -0.1) is 0 Å². The van der Waals surface area contributed by atoms with Crippen molar-refractivity contribution in [2.75, 3.05) is 7.05 Å². The SMILES string of the molecule is CNC(C)Cc1cnc(C(C)(F)F)[nH]1. The van der Waals surface area contributed by atoms with Crippen molar-refractivity contribution in [3.8, 4) is 0 Å². The number of H-pyrrole nitrogens is 1. The van der Waals surface area contributed by atoms with Gasteiger partial charge >= 0.3 is 5.92 Å². The Hall–Kier alpha value is -0.970. The minimum absolute atomic E-state index is 0.244. The molecule has 0 aliphatic heterocycles. The van der Waals surface area contributed by atoms with E-state index in [-0.39, 0.29) is 11.9 Å². The normalized spacial score (nSPS) is 14.4. The fourth-order valence-electron chi connectivity index (χ4n) is 1.12. The van der Waals surface area contributed by atoms with Crippen molar-refractivity contribution in [3.05, 3.63) is 17.7 Å². The highest BCUT2D eigenvalue weighted by molar-refractivity contribution is 5.06. The molecule has 1 aromatic rings. The van der Waals surface area contributed by atoms with Crippen molar-refractivity contribution in [2.45, 2.75) is 32.2 Å². The van der Waals surface area contributed by atoms with Crippen molar-refractivity contribution in [1.29, 1.82) is 0 Å². The number of nitrogens with one attached hydrogen (secondary N) is 2. The van der Waals surface area contributed by atoms with Crippen LogP contribution in [0, 0.1) is 0 Å². The van der Waals surface area contributed by atoms with E-state index in [4.69, 9.17) is 0 Å². The molecule has 1 unspecified atom stereocenters. The summed E-state index contributed by atoms with van der Waals surface area (Å²) in [5.41, 5.74) is 0.725. The smallest absolute Gasteiger partial charge is 0.301 e. The van der Waals surface area contributed by atoms with Gasteiger partial charge in [-0.25, -0.2) is 4.98 Å². The van der Waals surface area contributed by atoms with Crippen molar-refractivity contribution in [2.24, 2.45) is 0 Å². The van der Waals surface area contributed by atoms with Gasteiger partial charge in [0, 0.05) is 31.3 Å². The van der Waals surface area contributed by atoms with E-state index in [1.54, 1.807) is 0 Å². The fourth-order valence-corrected chi connectivity index (χ4v) is 1.12. The van der Waals surface area contributed by atoms with Crippen molar-refractivity contribution in [3.63, 3.8) is 0 Å². The average molecular weight is 203 g/mol. The number of rotatable bonds is 4. The Balaban J connectivity index is 2.69. The summed E-state index contributed by atoms with van der Waals surface area (Å²) in [5, 5.41) is 3.03. The zero-order valence-corrected chi connectivity index (χ0v) is 8.56. The number of aromatic amines is 1. The molecule has 1 atom stereocenters. The van der Waals surface area contributed by atoms with Crippen molar-refractivity contribution < 1.29 is 8.78 Å². The Morgan fingerprint density at radius 2 is 2.29 bits per heavy atom. The van der Waals surface area contributed by atoms with Crippen LogP contribution in [0.15, 0.2) is 6.20 Å². The summed E-state index contributed by atoms with van der Waals surface area (Å²) in [6.07, 6.45) is 2.13. The number of imidazole rings is 1. The molecule has 0 spiro atoms. The third kappa shape index (κ3) is 2.77. The van der Waals surface area contributed by atoms with E-state index in [1.807, 2.05) is 14.0 Å². The van der Waals surface area contributed by atoms with Crippen LogP contribution in [0.1, 0.15) is 25.4 Å². The Morgan fingerprint density at radius 1 is 1.64 bits per heavy atom. The van der Waals surface area contributed by atoms with Gasteiger partial charge in [-0.2, -0.15) is 8.78 Å².